The second-order valence-electron chi connectivity index (χ2n) is 6.74. The van der Waals surface area contributed by atoms with Crippen LogP contribution in [-0.2, 0) is 4.79 Å². The minimum Gasteiger partial charge on any atom is -0.320 e. The maximum Gasteiger partial charge on any atom is 0.244 e. The summed E-state index contributed by atoms with van der Waals surface area (Å²) in [5.41, 5.74) is -0.200. The van der Waals surface area contributed by atoms with E-state index in [0.717, 1.165) is 38.9 Å². The highest BCUT2D eigenvalue weighted by molar-refractivity contribution is 5.99. The van der Waals surface area contributed by atoms with Crippen molar-refractivity contribution in [2.45, 2.75) is 31.7 Å². The van der Waals surface area contributed by atoms with Gasteiger partial charge in [-0.2, -0.15) is 0 Å². The van der Waals surface area contributed by atoms with Crippen LogP contribution >= 0.6 is 0 Å². The van der Waals surface area contributed by atoms with Gasteiger partial charge in [0.1, 0.15) is 17.3 Å². The van der Waals surface area contributed by atoms with Crippen LogP contribution < -0.4 is 10.2 Å². The molecule has 24 heavy (non-hydrogen) atoms. The first-order chi connectivity index (χ1) is 11.6. The lowest BCUT2D eigenvalue weighted by molar-refractivity contribution is -0.122. The fourth-order valence-corrected chi connectivity index (χ4v) is 3.87. The zero-order valence-corrected chi connectivity index (χ0v) is 14.1. The minimum absolute atomic E-state index is 0.173. The van der Waals surface area contributed by atoms with E-state index in [2.05, 4.69) is 10.2 Å². The van der Waals surface area contributed by atoms with Gasteiger partial charge in [0.25, 0.3) is 0 Å². The number of halogens is 2. The molecule has 2 saturated heterocycles. The van der Waals surface area contributed by atoms with Crippen LogP contribution in [0.3, 0.4) is 0 Å². The molecule has 0 spiro atoms. The standard InChI is InChI=1S/C18H25F2N3O/c1-21-9-5-13-6-10-22(11-7-13)16-8-12-23(18(16)24)17-14(19)3-2-4-15(17)20/h2-4,13,16,21H,5-12H2,1H3. The SMILES string of the molecule is CNCCC1CCN(C2CCN(c3c(F)cccc3F)C2=O)CC1. The normalized spacial score (nSPS) is 23.2. The van der Waals surface area contributed by atoms with Gasteiger partial charge in [-0.25, -0.2) is 8.78 Å². The molecule has 2 heterocycles. The summed E-state index contributed by atoms with van der Waals surface area (Å²) in [6, 6.07) is 3.48. The van der Waals surface area contributed by atoms with Gasteiger partial charge in [-0.15, -0.1) is 0 Å². The van der Waals surface area contributed by atoms with Crippen molar-refractivity contribution in [1.29, 1.82) is 0 Å². The first-order valence-electron chi connectivity index (χ1n) is 8.76. The number of hydrogen-bond donors (Lipinski definition) is 1. The molecule has 2 aliphatic rings. The highest BCUT2D eigenvalue weighted by atomic mass is 19.1. The van der Waals surface area contributed by atoms with Crippen LogP contribution in [0.2, 0.25) is 0 Å². The van der Waals surface area contributed by atoms with Crippen LogP contribution in [0, 0.1) is 17.6 Å². The number of hydrogen-bond acceptors (Lipinski definition) is 3. The number of benzene rings is 1. The van der Waals surface area contributed by atoms with E-state index in [1.54, 1.807) is 0 Å². The van der Waals surface area contributed by atoms with Gasteiger partial charge in [-0.05, 0) is 70.4 Å². The van der Waals surface area contributed by atoms with E-state index < -0.39 is 11.6 Å². The Bertz CT molecular complexity index is 567. The summed E-state index contributed by atoms with van der Waals surface area (Å²) in [7, 11) is 1.96. The van der Waals surface area contributed by atoms with Crippen LogP contribution in [0.4, 0.5) is 14.5 Å². The maximum absolute atomic E-state index is 14.0. The number of nitrogens with zero attached hydrogens (tertiary/aromatic N) is 2. The van der Waals surface area contributed by atoms with Crippen molar-refractivity contribution in [3.63, 3.8) is 0 Å². The molecule has 0 saturated carbocycles. The molecule has 1 N–H and O–H groups in total. The van der Waals surface area contributed by atoms with Gasteiger partial charge in [0.2, 0.25) is 5.91 Å². The lowest BCUT2D eigenvalue weighted by Crippen LogP contribution is -2.46. The number of anilines is 1. The van der Waals surface area contributed by atoms with Crippen molar-refractivity contribution in [2.24, 2.45) is 5.92 Å². The van der Waals surface area contributed by atoms with E-state index in [-0.39, 0.29) is 17.6 Å². The number of para-hydroxylation sites is 1. The molecule has 2 aliphatic heterocycles. The number of rotatable bonds is 5. The Hall–Kier alpha value is -1.53. The number of piperidine rings is 1. The van der Waals surface area contributed by atoms with E-state index in [4.69, 9.17) is 0 Å². The summed E-state index contributed by atoms with van der Waals surface area (Å²) >= 11 is 0. The van der Waals surface area contributed by atoms with Gasteiger partial charge in [0, 0.05) is 6.54 Å². The molecule has 0 aliphatic carbocycles. The maximum atomic E-state index is 14.0. The summed E-state index contributed by atoms with van der Waals surface area (Å²) in [4.78, 5) is 16.2. The predicted octanol–water partition coefficient (Wildman–Crippen LogP) is 2.39. The van der Waals surface area contributed by atoms with Crippen molar-refractivity contribution in [2.75, 3.05) is 38.1 Å². The van der Waals surface area contributed by atoms with Gasteiger partial charge in [0.05, 0.1) is 6.04 Å². The molecule has 0 bridgehead atoms. The van der Waals surface area contributed by atoms with Crippen LogP contribution in [0.15, 0.2) is 18.2 Å². The highest BCUT2D eigenvalue weighted by Crippen LogP contribution is 2.31. The van der Waals surface area contributed by atoms with Crippen LogP contribution in [-0.4, -0.2) is 50.1 Å². The molecule has 0 radical (unpaired) electrons. The van der Waals surface area contributed by atoms with Gasteiger partial charge in [-0.3, -0.25) is 9.69 Å². The van der Waals surface area contributed by atoms with Crippen molar-refractivity contribution >= 4 is 11.6 Å². The third-order valence-electron chi connectivity index (χ3n) is 5.28. The Kier molecular flexibility index (Phi) is 5.46. The Morgan fingerprint density at radius 2 is 1.79 bits per heavy atom. The summed E-state index contributed by atoms with van der Waals surface area (Å²) < 4.78 is 27.9. The molecule has 0 aromatic heterocycles. The summed E-state index contributed by atoms with van der Waals surface area (Å²) in [5, 5.41) is 3.18. The third-order valence-corrected chi connectivity index (χ3v) is 5.28. The van der Waals surface area contributed by atoms with Crippen LogP contribution in [0.25, 0.3) is 0 Å². The second kappa shape index (κ2) is 7.57. The largest absolute Gasteiger partial charge is 0.320 e. The fraction of sp³-hybridized carbons (Fsp3) is 0.611. The molecule has 1 amide bonds. The Balaban J connectivity index is 1.63. The number of likely N-dealkylation sites (tertiary alicyclic amines) is 1. The first kappa shape index (κ1) is 17.3. The van der Waals surface area contributed by atoms with Crippen molar-refractivity contribution in [3.05, 3.63) is 29.8 Å². The molecule has 1 aromatic rings. The zero-order chi connectivity index (χ0) is 17.1. The topological polar surface area (TPSA) is 35.6 Å². The number of carbonyl (C=O) groups is 1. The average molecular weight is 337 g/mol. The first-order valence-corrected chi connectivity index (χ1v) is 8.76. The molecule has 2 fully saturated rings. The Labute approximate surface area is 141 Å². The fourth-order valence-electron chi connectivity index (χ4n) is 3.87. The Morgan fingerprint density at radius 3 is 2.42 bits per heavy atom. The second-order valence-corrected chi connectivity index (χ2v) is 6.74. The summed E-state index contributed by atoms with van der Waals surface area (Å²) in [6.45, 7) is 3.17. The van der Waals surface area contributed by atoms with E-state index in [0.29, 0.717) is 18.9 Å². The molecule has 3 rings (SSSR count). The Morgan fingerprint density at radius 1 is 1.12 bits per heavy atom. The third kappa shape index (κ3) is 3.44. The van der Waals surface area contributed by atoms with Crippen LogP contribution in [0.5, 0.6) is 0 Å². The monoisotopic (exact) mass is 337 g/mol. The smallest absolute Gasteiger partial charge is 0.244 e. The van der Waals surface area contributed by atoms with Gasteiger partial charge < -0.3 is 10.2 Å². The highest BCUT2D eigenvalue weighted by Gasteiger charge is 2.39. The van der Waals surface area contributed by atoms with Crippen molar-refractivity contribution in [3.8, 4) is 0 Å². The van der Waals surface area contributed by atoms with Crippen LogP contribution in [0.1, 0.15) is 25.7 Å². The molecule has 1 unspecified atom stereocenters. The lowest BCUT2D eigenvalue weighted by atomic mass is 9.92. The van der Waals surface area contributed by atoms with Gasteiger partial charge in [-0.1, -0.05) is 6.07 Å². The zero-order valence-electron chi connectivity index (χ0n) is 14.1. The average Bonchev–Trinajstić information content (AvgIpc) is 2.95. The number of amides is 1. The van der Waals surface area contributed by atoms with E-state index in [1.807, 2.05) is 7.05 Å². The summed E-state index contributed by atoms with van der Waals surface area (Å²) in [5.74, 6) is -0.817. The molecular formula is C18H25F2N3O. The molecule has 4 nitrogen and oxygen atoms in total. The van der Waals surface area contributed by atoms with E-state index >= 15 is 0 Å². The predicted molar refractivity (Wildman–Crippen MR) is 90.0 cm³/mol. The summed E-state index contributed by atoms with van der Waals surface area (Å²) in [6.07, 6.45) is 3.96. The lowest BCUT2D eigenvalue weighted by Gasteiger charge is -2.35. The molecular weight excluding hydrogens is 312 g/mol. The molecule has 1 aromatic carbocycles. The minimum atomic E-state index is -0.672. The quantitative estimate of drug-likeness (QED) is 0.896. The van der Waals surface area contributed by atoms with Crippen molar-refractivity contribution in [1.82, 2.24) is 10.2 Å². The van der Waals surface area contributed by atoms with Gasteiger partial charge >= 0.3 is 0 Å². The van der Waals surface area contributed by atoms with E-state index in [1.165, 1.54) is 23.1 Å². The van der Waals surface area contributed by atoms with Crippen molar-refractivity contribution < 1.29 is 13.6 Å². The molecule has 132 valence electrons. The molecule has 1 atom stereocenters. The number of carbonyl (C=O) groups excluding carboxylic acids is 1. The molecule has 6 heteroatoms. The van der Waals surface area contributed by atoms with E-state index in [9.17, 15) is 13.6 Å². The number of nitrogens with one attached hydrogen (secondary N) is 1. The van der Waals surface area contributed by atoms with Gasteiger partial charge in [0.15, 0.2) is 0 Å².